The molecule has 5 heteroatoms. The molecule has 0 atom stereocenters. The lowest BCUT2D eigenvalue weighted by molar-refractivity contribution is -0.115. The summed E-state index contributed by atoms with van der Waals surface area (Å²) in [5.74, 6) is -0.383. The Bertz CT molecular complexity index is 968. The molecule has 0 unspecified atom stereocenters. The number of hydrogen-bond donors (Lipinski definition) is 2. The first kappa shape index (κ1) is 18.7. The number of benzene rings is 3. The van der Waals surface area contributed by atoms with E-state index in [1.165, 1.54) is 0 Å². The van der Waals surface area contributed by atoms with E-state index in [0.717, 1.165) is 16.8 Å². The minimum atomic E-state index is -0.224. The summed E-state index contributed by atoms with van der Waals surface area (Å²) in [5.41, 5.74) is 3.66. The van der Waals surface area contributed by atoms with Gasteiger partial charge in [-0.15, -0.1) is 0 Å². The molecule has 27 heavy (non-hydrogen) atoms. The Hall–Kier alpha value is -3.11. The van der Waals surface area contributed by atoms with Crippen molar-refractivity contribution in [3.05, 3.63) is 94.5 Å². The van der Waals surface area contributed by atoms with Gasteiger partial charge in [0.2, 0.25) is 5.91 Å². The van der Waals surface area contributed by atoms with Crippen LogP contribution in [0.25, 0.3) is 0 Å². The molecule has 0 spiro atoms. The molecule has 2 N–H and O–H groups in total. The van der Waals surface area contributed by atoms with E-state index >= 15 is 0 Å². The number of hydrogen-bond acceptors (Lipinski definition) is 2. The normalized spacial score (nSPS) is 10.3. The first-order valence-electron chi connectivity index (χ1n) is 8.52. The highest BCUT2D eigenvalue weighted by atomic mass is 35.5. The fraction of sp³-hybridized carbons (Fsp3) is 0.0909. The largest absolute Gasteiger partial charge is 0.326 e. The van der Waals surface area contributed by atoms with E-state index in [2.05, 4.69) is 10.6 Å². The van der Waals surface area contributed by atoms with E-state index in [1.807, 2.05) is 43.3 Å². The SMILES string of the molecule is Cc1ccccc1NC(=O)c1cccc(NC(=O)Cc2ccc(Cl)cc2)c1. The van der Waals surface area contributed by atoms with Gasteiger partial charge in [0, 0.05) is 22.0 Å². The molecule has 0 saturated heterocycles. The molecule has 0 radical (unpaired) electrons. The number of aryl methyl sites for hydroxylation is 1. The third-order valence-electron chi connectivity index (χ3n) is 4.08. The Morgan fingerprint density at radius 3 is 2.37 bits per heavy atom. The number of amides is 2. The smallest absolute Gasteiger partial charge is 0.255 e. The van der Waals surface area contributed by atoms with E-state index in [4.69, 9.17) is 11.6 Å². The molecule has 0 saturated carbocycles. The van der Waals surface area contributed by atoms with Gasteiger partial charge in [-0.3, -0.25) is 9.59 Å². The average Bonchev–Trinajstić information content (AvgIpc) is 2.65. The van der Waals surface area contributed by atoms with Crippen molar-refractivity contribution < 1.29 is 9.59 Å². The number of anilines is 2. The van der Waals surface area contributed by atoms with Crippen molar-refractivity contribution in [2.45, 2.75) is 13.3 Å². The van der Waals surface area contributed by atoms with Crippen molar-refractivity contribution >= 4 is 34.8 Å². The number of para-hydroxylation sites is 1. The molecule has 0 fully saturated rings. The highest BCUT2D eigenvalue weighted by Gasteiger charge is 2.10. The fourth-order valence-electron chi connectivity index (χ4n) is 2.64. The zero-order valence-electron chi connectivity index (χ0n) is 14.8. The summed E-state index contributed by atoms with van der Waals surface area (Å²) in [4.78, 5) is 24.7. The van der Waals surface area contributed by atoms with Crippen LogP contribution in [0.2, 0.25) is 5.02 Å². The van der Waals surface area contributed by atoms with Crippen LogP contribution in [-0.4, -0.2) is 11.8 Å². The third kappa shape index (κ3) is 5.19. The maximum Gasteiger partial charge on any atom is 0.255 e. The zero-order valence-corrected chi connectivity index (χ0v) is 15.6. The van der Waals surface area contributed by atoms with Gasteiger partial charge in [-0.05, 0) is 54.4 Å². The molecule has 0 aliphatic heterocycles. The maximum atomic E-state index is 12.5. The minimum Gasteiger partial charge on any atom is -0.326 e. The lowest BCUT2D eigenvalue weighted by atomic mass is 10.1. The van der Waals surface area contributed by atoms with Gasteiger partial charge in [0.25, 0.3) is 5.91 Å². The van der Waals surface area contributed by atoms with Crippen molar-refractivity contribution in [1.82, 2.24) is 0 Å². The van der Waals surface area contributed by atoms with Crippen LogP contribution < -0.4 is 10.6 Å². The van der Waals surface area contributed by atoms with Crippen LogP contribution in [0.1, 0.15) is 21.5 Å². The summed E-state index contributed by atoms with van der Waals surface area (Å²) in [6, 6.07) is 21.6. The Morgan fingerprint density at radius 2 is 1.63 bits per heavy atom. The molecule has 2 amide bonds. The topological polar surface area (TPSA) is 58.2 Å². The van der Waals surface area contributed by atoms with Gasteiger partial charge in [0.1, 0.15) is 0 Å². The van der Waals surface area contributed by atoms with Gasteiger partial charge in [-0.25, -0.2) is 0 Å². The second-order valence-electron chi connectivity index (χ2n) is 6.20. The lowest BCUT2D eigenvalue weighted by Crippen LogP contribution is -2.16. The second kappa shape index (κ2) is 8.52. The van der Waals surface area contributed by atoms with E-state index in [1.54, 1.807) is 36.4 Å². The summed E-state index contributed by atoms with van der Waals surface area (Å²) in [6.45, 7) is 1.93. The van der Waals surface area contributed by atoms with Crippen LogP contribution in [0.15, 0.2) is 72.8 Å². The number of carbonyl (C=O) groups is 2. The summed E-state index contributed by atoms with van der Waals surface area (Å²) in [7, 11) is 0. The fourth-order valence-corrected chi connectivity index (χ4v) is 2.76. The molecule has 0 heterocycles. The van der Waals surface area contributed by atoms with Crippen LogP contribution >= 0.6 is 11.6 Å². The lowest BCUT2D eigenvalue weighted by Gasteiger charge is -2.10. The molecule has 3 rings (SSSR count). The van der Waals surface area contributed by atoms with Crippen LogP contribution in [0.5, 0.6) is 0 Å². The predicted octanol–water partition coefficient (Wildman–Crippen LogP) is 5.08. The summed E-state index contributed by atoms with van der Waals surface area (Å²) >= 11 is 5.85. The standard InChI is InChI=1S/C22H19ClN2O2/c1-15-5-2-3-8-20(15)25-22(27)17-6-4-7-19(14-17)24-21(26)13-16-9-11-18(23)12-10-16/h2-12,14H,13H2,1H3,(H,24,26)(H,25,27). The molecule has 0 aliphatic rings. The molecule has 3 aromatic rings. The van der Waals surface area contributed by atoms with Crippen LogP contribution in [-0.2, 0) is 11.2 Å². The van der Waals surface area contributed by atoms with Crippen molar-refractivity contribution in [2.75, 3.05) is 10.6 Å². The highest BCUT2D eigenvalue weighted by Crippen LogP contribution is 2.17. The van der Waals surface area contributed by atoms with Crippen molar-refractivity contribution in [3.8, 4) is 0 Å². The number of carbonyl (C=O) groups excluding carboxylic acids is 2. The van der Waals surface area contributed by atoms with Gasteiger partial charge in [0.15, 0.2) is 0 Å². The minimum absolute atomic E-state index is 0.159. The van der Waals surface area contributed by atoms with Crippen LogP contribution in [0.3, 0.4) is 0 Å². The van der Waals surface area contributed by atoms with Gasteiger partial charge in [0.05, 0.1) is 6.42 Å². The van der Waals surface area contributed by atoms with Crippen molar-refractivity contribution in [3.63, 3.8) is 0 Å². The number of nitrogens with one attached hydrogen (secondary N) is 2. The van der Waals surface area contributed by atoms with Crippen molar-refractivity contribution in [2.24, 2.45) is 0 Å². The molecule has 0 bridgehead atoms. The van der Waals surface area contributed by atoms with Gasteiger partial charge < -0.3 is 10.6 Å². The molecular formula is C22H19ClN2O2. The summed E-state index contributed by atoms with van der Waals surface area (Å²) in [6.07, 6.45) is 0.233. The highest BCUT2D eigenvalue weighted by molar-refractivity contribution is 6.30. The van der Waals surface area contributed by atoms with E-state index in [9.17, 15) is 9.59 Å². The number of rotatable bonds is 5. The Kier molecular flexibility index (Phi) is 5.89. The molecule has 0 aromatic heterocycles. The zero-order chi connectivity index (χ0) is 19.2. The van der Waals surface area contributed by atoms with E-state index in [-0.39, 0.29) is 18.2 Å². The first-order valence-corrected chi connectivity index (χ1v) is 8.90. The Morgan fingerprint density at radius 1 is 0.889 bits per heavy atom. The van der Waals surface area contributed by atoms with Gasteiger partial charge >= 0.3 is 0 Å². The average molecular weight is 379 g/mol. The van der Waals surface area contributed by atoms with Gasteiger partial charge in [-0.1, -0.05) is 48.0 Å². The first-order chi connectivity index (χ1) is 13.0. The Labute approximate surface area is 163 Å². The molecule has 0 aliphatic carbocycles. The number of halogens is 1. The second-order valence-corrected chi connectivity index (χ2v) is 6.64. The molecular weight excluding hydrogens is 360 g/mol. The molecule has 4 nitrogen and oxygen atoms in total. The monoisotopic (exact) mass is 378 g/mol. The summed E-state index contributed by atoms with van der Waals surface area (Å²) < 4.78 is 0. The molecule has 136 valence electrons. The van der Waals surface area contributed by atoms with Crippen molar-refractivity contribution in [1.29, 1.82) is 0 Å². The van der Waals surface area contributed by atoms with Crippen LogP contribution in [0, 0.1) is 6.92 Å². The molecule has 3 aromatic carbocycles. The maximum absolute atomic E-state index is 12.5. The quantitative estimate of drug-likeness (QED) is 0.650. The third-order valence-corrected chi connectivity index (χ3v) is 4.33. The summed E-state index contributed by atoms with van der Waals surface area (Å²) in [5, 5.41) is 6.34. The Balaban J connectivity index is 1.66. The predicted molar refractivity (Wildman–Crippen MR) is 109 cm³/mol. The van der Waals surface area contributed by atoms with Gasteiger partial charge in [-0.2, -0.15) is 0 Å². The van der Waals surface area contributed by atoms with E-state index in [0.29, 0.717) is 16.3 Å². The van der Waals surface area contributed by atoms with E-state index < -0.39 is 0 Å². The van der Waals surface area contributed by atoms with Crippen LogP contribution in [0.4, 0.5) is 11.4 Å².